The summed E-state index contributed by atoms with van der Waals surface area (Å²) in [6, 6.07) is 3.11. The molecule has 0 aliphatic heterocycles. The molecule has 13 heavy (non-hydrogen) atoms. The van der Waals surface area contributed by atoms with Crippen molar-refractivity contribution in [2.45, 2.75) is 13.3 Å². The zero-order valence-corrected chi connectivity index (χ0v) is 7.57. The highest BCUT2D eigenvalue weighted by Crippen LogP contribution is 2.13. The summed E-state index contributed by atoms with van der Waals surface area (Å²) >= 11 is 0. The van der Waals surface area contributed by atoms with Gasteiger partial charge in [0.25, 0.3) is 0 Å². The molecule has 0 amide bonds. The van der Waals surface area contributed by atoms with Gasteiger partial charge in [-0.25, -0.2) is 0 Å². The highest BCUT2D eigenvalue weighted by atomic mass is 16.5. The molecule has 1 aromatic heterocycles. The number of hydrogen-bond acceptors (Lipinski definition) is 4. The minimum absolute atomic E-state index is 0.133. The number of rotatable bonds is 2. The standard InChI is InChI=1S/C9H11NO3/c1-6-8(11)4-3-7(10-6)5-9(12)13-2/h3-4,11H,5H2,1-2H3. The third-order valence-corrected chi connectivity index (χ3v) is 1.67. The number of methoxy groups -OCH3 is 1. The van der Waals surface area contributed by atoms with Gasteiger partial charge in [0.1, 0.15) is 5.75 Å². The Kier molecular flexibility index (Phi) is 2.84. The molecule has 0 saturated heterocycles. The van der Waals surface area contributed by atoms with Crippen LogP contribution in [0.5, 0.6) is 5.75 Å². The van der Waals surface area contributed by atoms with Crippen molar-refractivity contribution in [2.24, 2.45) is 0 Å². The summed E-state index contributed by atoms with van der Waals surface area (Å²) in [6.45, 7) is 1.68. The number of nitrogens with zero attached hydrogens (tertiary/aromatic N) is 1. The van der Waals surface area contributed by atoms with Crippen LogP contribution in [-0.4, -0.2) is 23.2 Å². The summed E-state index contributed by atoms with van der Waals surface area (Å²) in [7, 11) is 1.33. The molecular weight excluding hydrogens is 170 g/mol. The van der Waals surface area contributed by atoms with E-state index in [1.165, 1.54) is 13.2 Å². The average molecular weight is 181 g/mol. The molecule has 70 valence electrons. The predicted molar refractivity (Wildman–Crippen MR) is 46.4 cm³/mol. The normalized spacial score (nSPS) is 9.69. The van der Waals surface area contributed by atoms with Crippen LogP contribution < -0.4 is 0 Å². The lowest BCUT2D eigenvalue weighted by Crippen LogP contribution is -2.06. The molecule has 0 atom stereocenters. The summed E-state index contributed by atoms with van der Waals surface area (Å²) in [5, 5.41) is 9.16. The van der Waals surface area contributed by atoms with Crippen LogP contribution in [0.1, 0.15) is 11.4 Å². The van der Waals surface area contributed by atoms with E-state index >= 15 is 0 Å². The van der Waals surface area contributed by atoms with Crippen molar-refractivity contribution in [3.63, 3.8) is 0 Å². The smallest absolute Gasteiger partial charge is 0.311 e. The maximum absolute atomic E-state index is 10.9. The van der Waals surface area contributed by atoms with Crippen molar-refractivity contribution in [2.75, 3.05) is 7.11 Å². The molecule has 1 rings (SSSR count). The van der Waals surface area contributed by atoms with E-state index in [4.69, 9.17) is 5.11 Å². The number of ether oxygens (including phenoxy) is 1. The van der Waals surface area contributed by atoms with Gasteiger partial charge in [-0.15, -0.1) is 0 Å². The Hall–Kier alpha value is -1.58. The van der Waals surface area contributed by atoms with Crippen LogP contribution >= 0.6 is 0 Å². The van der Waals surface area contributed by atoms with Crippen molar-refractivity contribution in [1.29, 1.82) is 0 Å². The third-order valence-electron chi connectivity index (χ3n) is 1.67. The Balaban J connectivity index is 2.79. The second kappa shape index (κ2) is 3.89. The lowest BCUT2D eigenvalue weighted by atomic mass is 10.2. The van der Waals surface area contributed by atoms with Crippen LogP contribution in [0.2, 0.25) is 0 Å². The second-order valence-corrected chi connectivity index (χ2v) is 2.66. The molecule has 1 aromatic rings. The lowest BCUT2D eigenvalue weighted by molar-refractivity contribution is -0.139. The Morgan fingerprint density at radius 2 is 2.31 bits per heavy atom. The Morgan fingerprint density at radius 1 is 1.62 bits per heavy atom. The van der Waals surface area contributed by atoms with Crippen molar-refractivity contribution in [1.82, 2.24) is 4.98 Å². The Morgan fingerprint density at radius 3 is 2.85 bits per heavy atom. The largest absolute Gasteiger partial charge is 0.506 e. The molecule has 0 aromatic carbocycles. The summed E-state index contributed by atoms with van der Waals surface area (Å²) < 4.78 is 4.48. The van der Waals surface area contributed by atoms with E-state index in [-0.39, 0.29) is 18.1 Å². The molecule has 0 unspecified atom stereocenters. The van der Waals surface area contributed by atoms with Crippen LogP contribution in [0.15, 0.2) is 12.1 Å². The third kappa shape index (κ3) is 2.43. The van der Waals surface area contributed by atoms with Gasteiger partial charge in [-0.05, 0) is 19.1 Å². The first-order chi connectivity index (χ1) is 6.13. The highest BCUT2D eigenvalue weighted by molar-refractivity contribution is 5.71. The van der Waals surface area contributed by atoms with E-state index in [9.17, 15) is 4.79 Å². The van der Waals surface area contributed by atoms with E-state index < -0.39 is 0 Å². The van der Waals surface area contributed by atoms with Crippen molar-refractivity contribution in [3.8, 4) is 5.75 Å². The number of aromatic hydroxyl groups is 1. The average Bonchev–Trinajstić information content (AvgIpc) is 2.11. The fourth-order valence-corrected chi connectivity index (χ4v) is 0.924. The molecule has 4 heteroatoms. The maximum atomic E-state index is 10.9. The number of carbonyl (C=O) groups excluding carboxylic acids is 1. The number of hydrogen-bond donors (Lipinski definition) is 1. The van der Waals surface area contributed by atoms with Gasteiger partial charge in [0, 0.05) is 0 Å². The van der Waals surface area contributed by atoms with Gasteiger partial charge in [-0.3, -0.25) is 9.78 Å². The van der Waals surface area contributed by atoms with Crippen LogP contribution in [0, 0.1) is 6.92 Å². The number of aromatic nitrogens is 1. The molecular formula is C9H11NO3. The van der Waals surface area contributed by atoms with Gasteiger partial charge >= 0.3 is 5.97 Å². The quantitative estimate of drug-likeness (QED) is 0.686. The van der Waals surface area contributed by atoms with Gasteiger partial charge in [-0.2, -0.15) is 0 Å². The first-order valence-electron chi connectivity index (χ1n) is 3.86. The minimum atomic E-state index is -0.336. The zero-order chi connectivity index (χ0) is 9.84. The fraction of sp³-hybridized carbons (Fsp3) is 0.333. The zero-order valence-electron chi connectivity index (χ0n) is 7.57. The van der Waals surface area contributed by atoms with Crippen LogP contribution in [-0.2, 0) is 16.0 Å². The monoisotopic (exact) mass is 181 g/mol. The summed E-state index contributed by atoms with van der Waals surface area (Å²) in [5.41, 5.74) is 1.11. The number of aryl methyl sites for hydroxylation is 1. The van der Waals surface area contributed by atoms with Crippen LogP contribution in [0.4, 0.5) is 0 Å². The molecule has 0 saturated carbocycles. The SMILES string of the molecule is COC(=O)Cc1ccc(O)c(C)n1. The Labute approximate surface area is 76.2 Å². The van der Waals surface area contributed by atoms with Gasteiger partial charge in [0.2, 0.25) is 0 Å². The summed E-state index contributed by atoms with van der Waals surface area (Å²) in [4.78, 5) is 14.9. The maximum Gasteiger partial charge on any atom is 0.311 e. The van der Waals surface area contributed by atoms with Crippen LogP contribution in [0.25, 0.3) is 0 Å². The number of carbonyl (C=O) groups is 1. The van der Waals surface area contributed by atoms with Crippen LogP contribution in [0.3, 0.4) is 0 Å². The number of pyridine rings is 1. The first-order valence-corrected chi connectivity index (χ1v) is 3.86. The molecule has 0 spiro atoms. The van der Waals surface area contributed by atoms with Gasteiger partial charge in [0.05, 0.1) is 24.9 Å². The summed E-state index contributed by atoms with van der Waals surface area (Å²) in [6.07, 6.45) is 0.137. The molecule has 0 bridgehead atoms. The fourth-order valence-electron chi connectivity index (χ4n) is 0.924. The topological polar surface area (TPSA) is 59.4 Å². The van der Waals surface area contributed by atoms with E-state index in [0.717, 1.165) is 0 Å². The molecule has 1 heterocycles. The first kappa shape index (κ1) is 9.51. The molecule has 0 radical (unpaired) electrons. The lowest BCUT2D eigenvalue weighted by Gasteiger charge is -2.01. The van der Waals surface area contributed by atoms with E-state index in [0.29, 0.717) is 11.4 Å². The van der Waals surface area contributed by atoms with E-state index in [1.54, 1.807) is 13.0 Å². The Bertz CT molecular complexity index is 323. The predicted octanol–water partition coefficient (Wildman–Crippen LogP) is 0.811. The highest BCUT2D eigenvalue weighted by Gasteiger charge is 2.05. The van der Waals surface area contributed by atoms with Gasteiger partial charge < -0.3 is 9.84 Å². The molecule has 4 nitrogen and oxygen atoms in total. The minimum Gasteiger partial charge on any atom is -0.506 e. The van der Waals surface area contributed by atoms with Crippen molar-refractivity contribution < 1.29 is 14.6 Å². The molecule has 0 fully saturated rings. The van der Waals surface area contributed by atoms with Gasteiger partial charge in [-0.1, -0.05) is 0 Å². The molecule has 0 aliphatic rings. The van der Waals surface area contributed by atoms with E-state index in [2.05, 4.69) is 9.72 Å². The van der Waals surface area contributed by atoms with Crippen molar-refractivity contribution >= 4 is 5.97 Å². The molecule has 0 aliphatic carbocycles. The number of esters is 1. The van der Waals surface area contributed by atoms with Gasteiger partial charge in [0.15, 0.2) is 0 Å². The molecule has 1 N–H and O–H groups in total. The van der Waals surface area contributed by atoms with Crippen molar-refractivity contribution in [3.05, 3.63) is 23.5 Å². The van der Waals surface area contributed by atoms with E-state index in [1.807, 2.05) is 0 Å². The summed E-state index contributed by atoms with van der Waals surface area (Å²) in [5.74, 6) is -0.203. The second-order valence-electron chi connectivity index (χ2n) is 2.66.